The van der Waals surface area contributed by atoms with E-state index < -0.39 is 0 Å². The van der Waals surface area contributed by atoms with E-state index in [1.165, 1.54) is 25.7 Å². The number of amides is 1. The molecule has 1 aromatic heterocycles. The second-order valence-corrected chi connectivity index (χ2v) is 5.70. The summed E-state index contributed by atoms with van der Waals surface area (Å²) in [6.07, 6.45) is 7.46. The monoisotopic (exact) mass is 295 g/mol. The Morgan fingerprint density at radius 3 is 2.65 bits per heavy atom. The minimum absolute atomic E-state index is 0. The lowest BCUT2D eigenvalue weighted by atomic mass is 9.96. The molecule has 1 atom stereocenters. The van der Waals surface area contributed by atoms with Crippen LogP contribution in [0.3, 0.4) is 0 Å². The zero-order valence-corrected chi connectivity index (χ0v) is 12.4. The van der Waals surface area contributed by atoms with Crippen LogP contribution in [-0.4, -0.2) is 28.4 Å². The highest BCUT2D eigenvalue weighted by Crippen LogP contribution is 2.35. The Morgan fingerprint density at radius 2 is 1.95 bits per heavy atom. The van der Waals surface area contributed by atoms with Gasteiger partial charge in [0.2, 0.25) is 0 Å². The Morgan fingerprint density at radius 1 is 1.20 bits per heavy atom. The third kappa shape index (κ3) is 2.90. The summed E-state index contributed by atoms with van der Waals surface area (Å²) in [7, 11) is 0. The van der Waals surface area contributed by atoms with Gasteiger partial charge >= 0.3 is 0 Å². The number of nitrogens with zero attached hydrogens (tertiary/aromatic N) is 2. The van der Waals surface area contributed by atoms with Crippen LogP contribution in [0, 0.1) is 5.92 Å². The van der Waals surface area contributed by atoms with Crippen LogP contribution in [0.25, 0.3) is 0 Å². The molecule has 3 rings (SSSR count). The lowest BCUT2D eigenvalue weighted by Gasteiger charge is -2.29. The lowest BCUT2D eigenvalue weighted by molar-refractivity contribution is 0.0683. The fourth-order valence-corrected chi connectivity index (χ4v) is 3.59. The van der Waals surface area contributed by atoms with Gasteiger partial charge in [0.1, 0.15) is 11.5 Å². The molecule has 1 amide bonds. The molecule has 110 valence electrons. The normalized spacial score (nSPS) is 22.8. The van der Waals surface area contributed by atoms with Crippen LogP contribution in [0.15, 0.2) is 18.2 Å². The van der Waals surface area contributed by atoms with E-state index in [2.05, 4.69) is 4.98 Å². The number of aromatic nitrogens is 1. The third-order valence-corrected chi connectivity index (χ3v) is 4.49. The van der Waals surface area contributed by atoms with Crippen LogP contribution < -0.4 is 5.73 Å². The van der Waals surface area contributed by atoms with Crippen molar-refractivity contribution in [3.8, 4) is 0 Å². The van der Waals surface area contributed by atoms with Crippen LogP contribution in [0.2, 0.25) is 0 Å². The summed E-state index contributed by atoms with van der Waals surface area (Å²) in [6.45, 7) is 0.872. The van der Waals surface area contributed by atoms with E-state index in [1.54, 1.807) is 18.2 Å². The number of carbonyl (C=O) groups excluding carboxylic acids is 1. The van der Waals surface area contributed by atoms with Crippen LogP contribution in [-0.2, 0) is 0 Å². The molecule has 1 aromatic rings. The molecule has 1 aliphatic carbocycles. The van der Waals surface area contributed by atoms with Crippen molar-refractivity contribution in [2.75, 3.05) is 12.3 Å². The first-order valence-electron chi connectivity index (χ1n) is 7.29. The second-order valence-electron chi connectivity index (χ2n) is 5.70. The predicted octanol–water partition coefficient (Wildman–Crippen LogP) is 2.88. The predicted molar refractivity (Wildman–Crippen MR) is 81.9 cm³/mol. The van der Waals surface area contributed by atoms with Crippen molar-refractivity contribution in [3.63, 3.8) is 0 Å². The number of hydrogen-bond donors (Lipinski definition) is 1. The van der Waals surface area contributed by atoms with Gasteiger partial charge in [-0.25, -0.2) is 4.98 Å². The van der Waals surface area contributed by atoms with E-state index in [1.807, 2.05) is 4.90 Å². The van der Waals surface area contributed by atoms with E-state index in [9.17, 15) is 4.79 Å². The summed E-state index contributed by atoms with van der Waals surface area (Å²) in [5.74, 6) is 1.18. The maximum Gasteiger partial charge on any atom is 0.272 e. The van der Waals surface area contributed by atoms with Gasteiger partial charge in [-0.15, -0.1) is 12.4 Å². The van der Waals surface area contributed by atoms with Gasteiger partial charge in [0.05, 0.1) is 0 Å². The molecule has 4 nitrogen and oxygen atoms in total. The molecule has 2 N–H and O–H groups in total. The van der Waals surface area contributed by atoms with E-state index in [4.69, 9.17) is 5.73 Å². The summed E-state index contributed by atoms with van der Waals surface area (Å²) < 4.78 is 0. The molecule has 2 fully saturated rings. The van der Waals surface area contributed by atoms with Gasteiger partial charge in [-0.1, -0.05) is 18.9 Å². The Balaban J connectivity index is 0.00000147. The zero-order chi connectivity index (χ0) is 13.2. The maximum atomic E-state index is 12.6. The number of nitrogen functional groups attached to an aromatic ring is 1. The summed E-state index contributed by atoms with van der Waals surface area (Å²) in [6, 6.07) is 5.71. The quantitative estimate of drug-likeness (QED) is 0.912. The third-order valence-electron chi connectivity index (χ3n) is 4.49. The molecule has 2 aliphatic rings. The lowest BCUT2D eigenvalue weighted by Crippen LogP contribution is -2.39. The molecule has 1 aliphatic heterocycles. The largest absolute Gasteiger partial charge is 0.384 e. The molecule has 0 spiro atoms. The molecule has 1 saturated carbocycles. The van der Waals surface area contributed by atoms with Gasteiger partial charge in [0, 0.05) is 12.6 Å². The summed E-state index contributed by atoms with van der Waals surface area (Å²) in [5.41, 5.74) is 6.16. The number of rotatable bonds is 2. The SMILES string of the molecule is Cl.Nc1cccc(C(=O)N2CCCC2C2CCCC2)n1. The number of carbonyl (C=O) groups is 1. The topological polar surface area (TPSA) is 59.2 Å². The first-order chi connectivity index (χ1) is 9.25. The minimum Gasteiger partial charge on any atom is -0.384 e. The van der Waals surface area contributed by atoms with Crippen molar-refractivity contribution >= 4 is 24.1 Å². The van der Waals surface area contributed by atoms with Crippen LogP contribution in [0.4, 0.5) is 5.82 Å². The highest BCUT2D eigenvalue weighted by molar-refractivity contribution is 5.93. The van der Waals surface area contributed by atoms with Gasteiger partial charge in [0.15, 0.2) is 0 Å². The molecule has 0 radical (unpaired) electrons. The Bertz CT molecular complexity index is 474. The first kappa shape index (κ1) is 15.1. The van der Waals surface area contributed by atoms with Crippen LogP contribution in [0.1, 0.15) is 49.0 Å². The van der Waals surface area contributed by atoms with E-state index >= 15 is 0 Å². The van der Waals surface area contributed by atoms with Crippen molar-refractivity contribution in [2.24, 2.45) is 5.92 Å². The van der Waals surface area contributed by atoms with E-state index in [0.717, 1.165) is 19.4 Å². The molecule has 0 aromatic carbocycles. The zero-order valence-electron chi connectivity index (χ0n) is 11.6. The highest BCUT2D eigenvalue weighted by Gasteiger charge is 2.36. The molecule has 5 heteroatoms. The van der Waals surface area contributed by atoms with Gasteiger partial charge < -0.3 is 10.6 Å². The van der Waals surface area contributed by atoms with E-state index in [0.29, 0.717) is 23.5 Å². The molecule has 0 bridgehead atoms. The van der Waals surface area contributed by atoms with Crippen LogP contribution in [0.5, 0.6) is 0 Å². The average Bonchev–Trinajstić information content (AvgIpc) is 3.08. The van der Waals surface area contributed by atoms with Crippen molar-refractivity contribution < 1.29 is 4.79 Å². The smallest absolute Gasteiger partial charge is 0.272 e. The first-order valence-corrected chi connectivity index (χ1v) is 7.29. The van der Waals surface area contributed by atoms with Crippen LogP contribution >= 0.6 is 12.4 Å². The summed E-state index contributed by atoms with van der Waals surface area (Å²) in [4.78, 5) is 18.8. The Labute approximate surface area is 126 Å². The minimum atomic E-state index is 0. The number of anilines is 1. The molecular formula is C15H22ClN3O. The van der Waals surface area contributed by atoms with Gasteiger partial charge in [-0.2, -0.15) is 0 Å². The Kier molecular flexibility index (Phi) is 4.86. The highest BCUT2D eigenvalue weighted by atomic mass is 35.5. The summed E-state index contributed by atoms with van der Waals surface area (Å²) >= 11 is 0. The molecule has 2 heterocycles. The van der Waals surface area contributed by atoms with E-state index in [-0.39, 0.29) is 18.3 Å². The molecule has 1 unspecified atom stereocenters. The van der Waals surface area contributed by atoms with Crippen molar-refractivity contribution in [1.82, 2.24) is 9.88 Å². The number of halogens is 1. The van der Waals surface area contributed by atoms with Crippen molar-refractivity contribution in [2.45, 2.75) is 44.6 Å². The average molecular weight is 296 g/mol. The second kappa shape index (κ2) is 6.44. The number of pyridine rings is 1. The standard InChI is InChI=1S/C15H21N3O.ClH/c16-14-9-3-7-12(17-14)15(19)18-10-4-8-13(18)11-5-1-2-6-11;/h3,7,9,11,13H,1-2,4-6,8,10H2,(H2,16,17);1H. The van der Waals surface area contributed by atoms with Gasteiger partial charge in [-0.3, -0.25) is 4.79 Å². The van der Waals surface area contributed by atoms with Gasteiger partial charge in [0.25, 0.3) is 5.91 Å². The maximum absolute atomic E-state index is 12.6. The van der Waals surface area contributed by atoms with Gasteiger partial charge in [-0.05, 0) is 43.7 Å². The molecule has 1 saturated heterocycles. The molecular weight excluding hydrogens is 274 g/mol. The fourth-order valence-electron chi connectivity index (χ4n) is 3.59. The number of likely N-dealkylation sites (tertiary alicyclic amines) is 1. The summed E-state index contributed by atoms with van der Waals surface area (Å²) in [5, 5.41) is 0. The fraction of sp³-hybridized carbons (Fsp3) is 0.600. The number of hydrogen-bond acceptors (Lipinski definition) is 3. The molecule has 20 heavy (non-hydrogen) atoms. The van der Waals surface area contributed by atoms with Crippen molar-refractivity contribution in [3.05, 3.63) is 23.9 Å². The van der Waals surface area contributed by atoms with Crippen molar-refractivity contribution in [1.29, 1.82) is 0 Å². The Hall–Kier alpha value is -1.29. The number of nitrogens with two attached hydrogens (primary N) is 1.